The van der Waals surface area contributed by atoms with Gasteiger partial charge in [0.1, 0.15) is 0 Å². The van der Waals surface area contributed by atoms with Crippen molar-refractivity contribution in [3.05, 3.63) is 17.1 Å². The standard InChI is InChI=1S/C12H18N10O6/c1-21(2)10(14)16-9(13)19-27-7(24)4-5-8(25)28-20-12(18-26)17-11(15)22(3)6-23/h4-6H,1-3H3,(H2,15,17,20)(H4,13,14,16,19)/b5-4-. The van der Waals surface area contributed by atoms with Crippen LogP contribution in [0.2, 0.25) is 0 Å². The van der Waals surface area contributed by atoms with Gasteiger partial charge in [0.2, 0.25) is 12.4 Å². The van der Waals surface area contributed by atoms with E-state index < -0.39 is 29.8 Å². The monoisotopic (exact) mass is 398 g/mol. The zero-order valence-corrected chi connectivity index (χ0v) is 15.0. The summed E-state index contributed by atoms with van der Waals surface area (Å²) >= 11 is 0. The third kappa shape index (κ3) is 9.81. The van der Waals surface area contributed by atoms with Gasteiger partial charge in [-0.05, 0) is 10.3 Å². The van der Waals surface area contributed by atoms with Crippen molar-refractivity contribution >= 4 is 42.2 Å². The molecule has 0 radical (unpaired) electrons. The number of aliphatic imine (C=N–C) groups is 2. The first-order valence-corrected chi connectivity index (χ1v) is 6.99. The van der Waals surface area contributed by atoms with Crippen LogP contribution in [-0.2, 0) is 24.1 Å². The minimum Gasteiger partial charge on any atom is -0.369 e. The highest BCUT2D eigenvalue weighted by Crippen LogP contribution is 1.92. The summed E-state index contributed by atoms with van der Waals surface area (Å²) in [5.74, 6) is -4.05. The summed E-state index contributed by atoms with van der Waals surface area (Å²) in [7, 11) is 4.44. The molecule has 0 fully saturated rings. The topological polar surface area (TPSA) is 233 Å². The number of hydrogen-bond acceptors (Lipinski definition) is 8. The van der Waals surface area contributed by atoms with Gasteiger partial charge in [-0.2, -0.15) is 9.98 Å². The van der Waals surface area contributed by atoms with E-state index in [0.29, 0.717) is 18.6 Å². The van der Waals surface area contributed by atoms with Gasteiger partial charge in [-0.3, -0.25) is 9.69 Å². The van der Waals surface area contributed by atoms with E-state index >= 15 is 0 Å². The molecule has 0 atom stereocenters. The van der Waals surface area contributed by atoms with E-state index in [-0.39, 0.29) is 5.96 Å². The van der Waals surface area contributed by atoms with Crippen LogP contribution in [0.3, 0.4) is 0 Å². The Hall–Kier alpha value is -4.37. The summed E-state index contributed by atoms with van der Waals surface area (Å²) in [6.07, 6.45) is 1.53. The molecule has 6 N–H and O–H groups in total. The molecule has 16 heteroatoms. The van der Waals surface area contributed by atoms with Crippen molar-refractivity contribution in [1.29, 1.82) is 0 Å². The first-order valence-electron chi connectivity index (χ1n) is 6.99. The SMILES string of the molecule is CN(C)/C(N)=N/C(N)=N/OC(=O)/C=C\C(=O)O/N=C(N=O)/N=C(\N)N(C)C=O. The van der Waals surface area contributed by atoms with Crippen molar-refractivity contribution in [2.75, 3.05) is 21.1 Å². The summed E-state index contributed by atoms with van der Waals surface area (Å²) in [5.41, 5.74) is 16.1. The van der Waals surface area contributed by atoms with Crippen LogP contribution in [0.5, 0.6) is 0 Å². The lowest BCUT2D eigenvalue weighted by molar-refractivity contribution is -0.140. The Morgan fingerprint density at radius 2 is 1.43 bits per heavy atom. The van der Waals surface area contributed by atoms with Gasteiger partial charge in [0, 0.05) is 38.5 Å². The summed E-state index contributed by atoms with van der Waals surface area (Å²) in [6, 6.07) is 0. The van der Waals surface area contributed by atoms with Gasteiger partial charge in [-0.25, -0.2) is 9.59 Å². The fourth-order valence-electron chi connectivity index (χ4n) is 0.905. The molecule has 0 saturated carbocycles. The fourth-order valence-corrected chi connectivity index (χ4v) is 0.905. The molecule has 0 aromatic rings. The van der Waals surface area contributed by atoms with Crippen molar-refractivity contribution < 1.29 is 24.1 Å². The van der Waals surface area contributed by atoms with E-state index in [2.05, 4.69) is 35.1 Å². The Bertz CT molecular complexity index is 754. The number of rotatable bonds is 5. The molecule has 0 aromatic carbocycles. The summed E-state index contributed by atoms with van der Waals surface area (Å²) < 4.78 is 0. The minimum atomic E-state index is -1.19. The van der Waals surface area contributed by atoms with E-state index in [4.69, 9.17) is 17.2 Å². The number of nitrogens with two attached hydrogens (primary N) is 3. The number of carbonyl (C=O) groups is 3. The van der Waals surface area contributed by atoms with Gasteiger partial charge in [-0.15, -0.1) is 4.91 Å². The predicted molar refractivity (Wildman–Crippen MR) is 96.9 cm³/mol. The second kappa shape index (κ2) is 12.1. The molecule has 0 aliphatic heterocycles. The Morgan fingerprint density at radius 3 is 1.89 bits per heavy atom. The van der Waals surface area contributed by atoms with Crippen LogP contribution >= 0.6 is 0 Å². The lowest BCUT2D eigenvalue weighted by Crippen LogP contribution is -2.33. The Morgan fingerprint density at radius 1 is 0.893 bits per heavy atom. The molecule has 0 unspecified atom stereocenters. The fraction of sp³-hybridized carbons (Fsp3) is 0.250. The molecule has 1 amide bonds. The molecule has 28 heavy (non-hydrogen) atoms. The Labute approximate surface area is 157 Å². The second-order valence-corrected chi connectivity index (χ2v) is 4.64. The molecule has 0 bridgehead atoms. The van der Waals surface area contributed by atoms with E-state index in [1.54, 1.807) is 14.1 Å². The van der Waals surface area contributed by atoms with Gasteiger partial charge in [0.25, 0.3) is 5.96 Å². The van der Waals surface area contributed by atoms with Crippen LogP contribution in [0.1, 0.15) is 0 Å². The molecule has 152 valence electrons. The maximum atomic E-state index is 11.4. The molecule has 0 heterocycles. The summed E-state index contributed by atoms with van der Waals surface area (Å²) in [6.45, 7) is 0. The highest BCUT2D eigenvalue weighted by atomic mass is 16.7. The lowest BCUT2D eigenvalue weighted by Gasteiger charge is -2.09. The quantitative estimate of drug-likeness (QED) is 0.0816. The molecule has 0 spiro atoms. The van der Waals surface area contributed by atoms with Crippen LogP contribution in [0.4, 0.5) is 0 Å². The number of nitroso groups, excluding NO2 is 1. The maximum Gasteiger partial charge on any atom is 0.359 e. The zero-order chi connectivity index (χ0) is 21.7. The third-order valence-electron chi connectivity index (χ3n) is 2.30. The number of carbonyl (C=O) groups excluding carboxylic acids is 3. The van der Waals surface area contributed by atoms with Crippen LogP contribution in [0.25, 0.3) is 0 Å². The van der Waals surface area contributed by atoms with Crippen molar-refractivity contribution in [2.45, 2.75) is 0 Å². The van der Waals surface area contributed by atoms with E-state index in [1.165, 1.54) is 11.9 Å². The largest absolute Gasteiger partial charge is 0.369 e. The summed E-state index contributed by atoms with van der Waals surface area (Å²) in [5, 5.41) is 8.49. The minimum absolute atomic E-state index is 0.0107. The number of nitrogens with zero attached hydrogens (tertiary/aromatic N) is 7. The van der Waals surface area contributed by atoms with Crippen molar-refractivity contribution in [1.82, 2.24) is 9.80 Å². The highest BCUT2D eigenvalue weighted by molar-refractivity contribution is 5.98. The number of amides is 1. The molecule has 0 saturated heterocycles. The van der Waals surface area contributed by atoms with Gasteiger partial charge < -0.3 is 31.8 Å². The highest BCUT2D eigenvalue weighted by Gasteiger charge is 2.06. The smallest absolute Gasteiger partial charge is 0.359 e. The van der Waals surface area contributed by atoms with E-state index in [0.717, 1.165) is 4.90 Å². The van der Waals surface area contributed by atoms with Gasteiger partial charge in [-0.1, -0.05) is 0 Å². The van der Waals surface area contributed by atoms with E-state index in [1.807, 2.05) is 0 Å². The van der Waals surface area contributed by atoms with Crippen LogP contribution < -0.4 is 17.2 Å². The number of guanidine groups is 4. The molecule has 0 aliphatic rings. The maximum absolute atomic E-state index is 11.4. The normalized spacial score (nSPS) is 13.1. The van der Waals surface area contributed by atoms with Gasteiger partial charge in [0.05, 0.1) is 0 Å². The molecule has 0 aliphatic carbocycles. The first kappa shape index (κ1) is 23.6. The summed E-state index contributed by atoms with van der Waals surface area (Å²) in [4.78, 5) is 61.5. The van der Waals surface area contributed by atoms with Gasteiger partial charge in [0.15, 0.2) is 5.96 Å². The first-order chi connectivity index (χ1) is 13.1. The number of hydrogen-bond donors (Lipinski definition) is 3. The lowest BCUT2D eigenvalue weighted by atomic mass is 10.5. The molecule has 0 aromatic heterocycles. The van der Waals surface area contributed by atoms with Crippen LogP contribution in [-0.4, -0.2) is 73.1 Å². The van der Waals surface area contributed by atoms with Crippen molar-refractivity contribution in [3.63, 3.8) is 0 Å². The predicted octanol–water partition coefficient (Wildman–Crippen LogP) is -2.82. The van der Waals surface area contributed by atoms with Crippen molar-refractivity contribution in [3.8, 4) is 0 Å². The average Bonchev–Trinajstić information content (AvgIpc) is 2.66. The Balaban J connectivity index is 4.79. The molecular formula is C12H18N10O6. The van der Waals surface area contributed by atoms with E-state index in [9.17, 15) is 19.3 Å². The third-order valence-corrected chi connectivity index (χ3v) is 2.30. The molecule has 16 nitrogen and oxygen atoms in total. The second-order valence-electron chi connectivity index (χ2n) is 4.64. The van der Waals surface area contributed by atoms with Crippen LogP contribution in [0, 0.1) is 4.91 Å². The number of oxime groups is 2. The van der Waals surface area contributed by atoms with Crippen LogP contribution in [0.15, 0.2) is 37.6 Å². The van der Waals surface area contributed by atoms with Crippen molar-refractivity contribution in [2.24, 2.45) is 42.7 Å². The molecular weight excluding hydrogens is 380 g/mol. The molecule has 0 rings (SSSR count). The zero-order valence-electron chi connectivity index (χ0n) is 15.0. The Kier molecular flexibility index (Phi) is 10.2. The van der Waals surface area contributed by atoms with Gasteiger partial charge >= 0.3 is 17.9 Å². The average molecular weight is 398 g/mol.